The fourth-order valence-electron chi connectivity index (χ4n) is 9.99. The minimum Gasteiger partial charge on any atom is -0.481 e. The third-order valence-corrected chi connectivity index (χ3v) is 15.3. The van der Waals surface area contributed by atoms with Gasteiger partial charge in [0, 0.05) is 25.7 Å². The average molecular weight is 1130 g/mol. The van der Waals surface area contributed by atoms with Crippen molar-refractivity contribution in [1.29, 1.82) is 0 Å². The molecule has 0 aromatic rings. The Labute approximate surface area is 498 Å². The first kappa shape index (κ1) is 83.8. The van der Waals surface area contributed by atoms with E-state index in [1.54, 1.807) is 0 Å². The standard InChI is InChI=1S/2C18H36O2.2C18H34O2/c4*1-2-3-4-5-6-7-8-9-10-11-12-13-14-15-16-17-18(19)20/h2*2-17H2,1H3,(H,19,20);2*9-10H,2-8,11-17H2,1H3,(H,19,20). The van der Waals surface area contributed by atoms with Gasteiger partial charge in [0.1, 0.15) is 0 Å². The highest BCUT2D eigenvalue weighted by molar-refractivity contribution is 5.67. The summed E-state index contributed by atoms with van der Waals surface area (Å²) in [7, 11) is 0. The lowest BCUT2D eigenvalue weighted by atomic mass is 10.0. The Morgan fingerprint density at radius 2 is 0.300 bits per heavy atom. The summed E-state index contributed by atoms with van der Waals surface area (Å²) in [5, 5.41) is 34.1. The Morgan fingerprint density at radius 3 is 0.425 bits per heavy atom. The second-order valence-corrected chi connectivity index (χ2v) is 23.6. The van der Waals surface area contributed by atoms with Crippen molar-refractivity contribution in [2.75, 3.05) is 0 Å². The van der Waals surface area contributed by atoms with Crippen molar-refractivity contribution in [1.82, 2.24) is 0 Å². The molecule has 0 aliphatic rings. The molecule has 476 valence electrons. The second-order valence-electron chi connectivity index (χ2n) is 23.6. The number of carboxylic acid groups (broad SMARTS) is 4. The van der Waals surface area contributed by atoms with Crippen LogP contribution in [0.15, 0.2) is 24.3 Å². The van der Waals surface area contributed by atoms with E-state index in [2.05, 4.69) is 52.0 Å². The van der Waals surface area contributed by atoms with Crippen LogP contribution in [0.1, 0.15) is 413 Å². The maximum absolute atomic E-state index is 10.3. The van der Waals surface area contributed by atoms with Gasteiger partial charge in [0.05, 0.1) is 0 Å². The molecule has 8 nitrogen and oxygen atoms in total. The number of hydrogen-bond acceptors (Lipinski definition) is 4. The summed E-state index contributed by atoms with van der Waals surface area (Å²) in [4.78, 5) is 41.3. The Kier molecular flexibility index (Phi) is 84.4. The molecule has 8 heteroatoms. The fourth-order valence-corrected chi connectivity index (χ4v) is 9.99. The van der Waals surface area contributed by atoms with Crippen LogP contribution >= 0.6 is 0 Å². The molecular weight excluding hydrogens is 993 g/mol. The van der Waals surface area contributed by atoms with E-state index in [1.807, 2.05) is 0 Å². The Bertz CT molecular complexity index is 1150. The van der Waals surface area contributed by atoms with E-state index in [9.17, 15) is 19.2 Å². The molecule has 0 saturated carbocycles. The van der Waals surface area contributed by atoms with E-state index in [0.717, 1.165) is 51.4 Å². The first-order valence-electron chi connectivity index (χ1n) is 35.3. The first-order valence-corrected chi connectivity index (χ1v) is 35.3. The molecule has 0 rings (SSSR count). The molecule has 0 heterocycles. The number of carbonyl (C=O) groups is 4. The largest absolute Gasteiger partial charge is 0.481 e. The van der Waals surface area contributed by atoms with Crippen LogP contribution in [-0.2, 0) is 19.2 Å². The second kappa shape index (κ2) is 80.6. The Hall–Kier alpha value is -2.64. The van der Waals surface area contributed by atoms with E-state index in [4.69, 9.17) is 20.4 Å². The zero-order valence-corrected chi connectivity index (χ0v) is 54.2. The van der Waals surface area contributed by atoms with Gasteiger partial charge < -0.3 is 20.4 Å². The average Bonchev–Trinajstić information content (AvgIpc) is 3.43. The number of hydrogen-bond donors (Lipinski definition) is 4. The molecule has 0 spiro atoms. The lowest BCUT2D eigenvalue weighted by molar-refractivity contribution is -0.138. The molecule has 0 bridgehead atoms. The van der Waals surface area contributed by atoms with Gasteiger partial charge in [-0.3, -0.25) is 19.2 Å². The van der Waals surface area contributed by atoms with E-state index >= 15 is 0 Å². The molecule has 4 N–H and O–H groups in total. The zero-order chi connectivity index (χ0) is 59.6. The predicted octanol–water partition coefficient (Wildman–Crippen LogP) is 24.9. The van der Waals surface area contributed by atoms with Gasteiger partial charge in [0.2, 0.25) is 0 Å². The third kappa shape index (κ3) is 97.5. The molecule has 80 heavy (non-hydrogen) atoms. The highest BCUT2D eigenvalue weighted by Gasteiger charge is 2.01. The van der Waals surface area contributed by atoms with Gasteiger partial charge in [0.25, 0.3) is 0 Å². The Balaban J connectivity index is -0.000000481. The number of aliphatic carboxylic acids is 4. The van der Waals surface area contributed by atoms with Crippen LogP contribution in [0.4, 0.5) is 0 Å². The van der Waals surface area contributed by atoms with Gasteiger partial charge in [-0.15, -0.1) is 0 Å². The molecule has 0 saturated heterocycles. The van der Waals surface area contributed by atoms with Crippen LogP contribution in [-0.4, -0.2) is 44.3 Å². The molecule has 0 aliphatic heterocycles. The van der Waals surface area contributed by atoms with E-state index < -0.39 is 23.9 Å². The van der Waals surface area contributed by atoms with Crippen molar-refractivity contribution >= 4 is 23.9 Å². The van der Waals surface area contributed by atoms with Gasteiger partial charge in [-0.25, -0.2) is 0 Å². The maximum atomic E-state index is 10.3. The van der Waals surface area contributed by atoms with Crippen molar-refractivity contribution in [3.8, 4) is 0 Å². The lowest BCUT2D eigenvalue weighted by Gasteiger charge is -2.03. The van der Waals surface area contributed by atoms with Crippen molar-refractivity contribution in [2.45, 2.75) is 413 Å². The third-order valence-electron chi connectivity index (χ3n) is 15.3. The van der Waals surface area contributed by atoms with Crippen LogP contribution in [0.25, 0.3) is 0 Å². The van der Waals surface area contributed by atoms with Crippen molar-refractivity contribution in [3.63, 3.8) is 0 Å². The predicted molar refractivity (Wildman–Crippen MR) is 349 cm³/mol. The van der Waals surface area contributed by atoms with Crippen LogP contribution in [0.3, 0.4) is 0 Å². The summed E-state index contributed by atoms with van der Waals surface area (Å²) >= 11 is 0. The number of unbranched alkanes of at least 4 members (excludes halogenated alkanes) is 50. The van der Waals surface area contributed by atoms with Crippen LogP contribution in [0.5, 0.6) is 0 Å². The molecule has 0 aromatic heterocycles. The lowest BCUT2D eigenvalue weighted by Crippen LogP contribution is -1.93. The molecule has 0 atom stereocenters. The van der Waals surface area contributed by atoms with Crippen molar-refractivity contribution in [2.24, 2.45) is 0 Å². The number of allylic oxidation sites excluding steroid dienone is 4. The smallest absolute Gasteiger partial charge is 0.303 e. The van der Waals surface area contributed by atoms with Crippen molar-refractivity contribution in [3.05, 3.63) is 24.3 Å². The van der Waals surface area contributed by atoms with Crippen LogP contribution < -0.4 is 0 Å². The minimum atomic E-state index is -0.664. The Morgan fingerprint density at radius 1 is 0.188 bits per heavy atom. The number of rotatable bonds is 62. The van der Waals surface area contributed by atoms with Crippen LogP contribution in [0.2, 0.25) is 0 Å². The molecule has 0 aromatic carbocycles. The van der Waals surface area contributed by atoms with E-state index in [1.165, 1.54) is 308 Å². The molecule has 0 fully saturated rings. The van der Waals surface area contributed by atoms with E-state index in [0.29, 0.717) is 25.7 Å². The molecule has 0 radical (unpaired) electrons. The number of carboxylic acids is 4. The van der Waals surface area contributed by atoms with Gasteiger partial charge in [-0.05, 0) is 77.0 Å². The zero-order valence-electron chi connectivity index (χ0n) is 54.2. The molecule has 0 aliphatic carbocycles. The summed E-state index contributed by atoms with van der Waals surface area (Å²) in [6.45, 7) is 9.06. The van der Waals surface area contributed by atoms with E-state index in [-0.39, 0.29) is 0 Å². The summed E-state index contributed by atoms with van der Waals surface area (Å²) in [6.07, 6.45) is 82.9. The van der Waals surface area contributed by atoms with Gasteiger partial charge in [0.15, 0.2) is 0 Å². The highest BCUT2D eigenvalue weighted by atomic mass is 16.4. The molecular formula is C72H140O8. The monoisotopic (exact) mass is 1130 g/mol. The van der Waals surface area contributed by atoms with Gasteiger partial charge in [-0.1, -0.05) is 335 Å². The quantitative estimate of drug-likeness (QED) is 0.0347. The topological polar surface area (TPSA) is 149 Å². The summed E-state index contributed by atoms with van der Waals surface area (Å²) in [6, 6.07) is 0. The molecule has 0 unspecified atom stereocenters. The van der Waals surface area contributed by atoms with Crippen molar-refractivity contribution < 1.29 is 39.6 Å². The fraction of sp³-hybridized carbons (Fsp3) is 0.889. The maximum Gasteiger partial charge on any atom is 0.303 e. The molecule has 0 amide bonds. The normalized spacial score (nSPS) is 11.1. The van der Waals surface area contributed by atoms with Gasteiger partial charge >= 0.3 is 23.9 Å². The summed E-state index contributed by atoms with van der Waals surface area (Å²) in [5.41, 5.74) is 0. The summed E-state index contributed by atoms with van der Waals surface area (Å²) in [5.74, 6) is -2.63. The summed E-state index contributed by atoms with van der Waals surface area (Å²) < 4.78 is 0. The minimum absolute atomic E-state index is 0.332. The highest BCUT2D eigenvalue weighted by Crippen LogP contribution is 2.17. The first-order chi connectivity index (χ1) is 39.1. The SMILES string of the molecule is CCCCCCCCC=CCCCCCCCC(=O)O.CCCCCCCCC=CCCCCCCCC(=O)O.CCCCCCCCCCCCCCCCCC(=O)O.CCCCCCCCCCCCCCCCCC(=O)O. The van der Waals surface area contributed by atoms with Crippen LogP contribution in [0, 0.1) is 0 Å². The van der Waals surface area contributed by atoms with Gasteiger partial charge in [-0.2, -0.15) is 0 Å².